The van der Waals surface area contributed by atoms with Gasteiger partial charge in [-0.3, -0.25) is 4.79 Å². The van der Waals surface area contributed by atoms with Crippen molar-refractivity contribution in [1.82, 2.24) is 0 Å². The van der Waals surface area contributed by atoms with E-state index < -0.39 is 5.79 Å². The maximum atomic E-state index is 11.6. The Balaban J connectivity index is 2.43. The number of ether oxygens (including phenoxy) is 3. The van der Waals surface area contributed by atoms with Crippen LogP contribution in [0.15, 0.2) is 0 Å². The molecule has 1 fully saturated rings. The molecule has 0 saturated carbocycles. The summed E-state index contributed by atoms with van der Waals surface area (Å²) in [5.74, 6) is -0.705. The van der Waals surface area contributed by atoms with Crippen molar-refractivity contribution in [3.8, 4) is 0 Å². The van der Waals surface area contributed by atoms with E-state index in [0.29, 0.717) is 18.9 Å². The second-order valence-corrected chi connectivity index (χ2v) is 5.58. The molecule has 1 saturated heterocycles. The van der Waals surface area contributed by atoms with Gasteiger partial charge < -0.3 is 19.3 Å². The number of esters is 1. The molecule has 0 aliphatic carbocycles. The van der Waals surface area contributed by atoms with Gasteiger partial charge in [-0.15, -0.1) is 0 Å². The fourth-order valence-corrected chi connectivity index (χ4v) is 1.96. The smallest absolute Gasteiger partial charge is 0.308 e. The zero-order valence-corrected chi connectivity index (χ0v) is 11.6. The predicted molar refractivity (Wildman–Crippen MR) is 65.9 cm³/mol. The fraction of sp³-hybridized carbons (Fsp3) is 0.923. The molecule has 1 heterocycles. The second-order valence-electron chi connectivity index (χ2n) is 5.58. The summed E-state index contributed by atoms with van der Waals surface area (Å²) < 4.78 is 16.3. The highest BCUT2D eigenvalue weighted by Crippen LogP contribution is 2.28. The van der Waals surface area contributed by atoms with Gasteiger partial charge in [0.05, 0.1) is 31.8 Å². The number of aliphatic hydroxyl groups excluding tert-OH is 1. The molecule has 18 heavy (non-hydrogen) atoms. The quantitative estimate of drug-likeness (QED) is 0.758. The van der Waals surface area contributed by atoms with E-state index in [2.05, 4.69) is 0 Å². The number of aliphatic hydroxyl groups is 1. The van der Waals surface area contributed by atoms with E-state index >= 15 is 0 Å². The molecule has 0 spiro atoms. The topological polar surface area (TPSA) is 65.0 Å². The third-order valence-corrected chi connectivity index (χ3v) is 2.60. The molecule has 1 rings (SSSR count). The summed E-state index contributed by atoms with van der Waals surface area (Å²) in [6, 6.07) is 0. The molecule has 0 aromatic rings. The van der Waals surface area contributed by atoms with Crippen LogP contribution in [-0.2, 0) is 19.0 Å². The lowest BCUT2D eigenvalue weighted by Gasteiger charge is -2.39. The van der Waals surface area contributed by atoms with Crippen molar-refractivity contribution >= 4 is 5.97 Å². The minimum Gasteiger partial charge on any atom is -0.465 e. The molecule has 5 heteroatoms. The largest absolute Gasteiger partial charge is 0.465 e. The summed E-state index contributed by atoms with van der Waals surface area (Å²) in [5, 5.41) is 9.15. The summed E-state index contributed by atoms with van der Waals surface area (Å²) in [6.45, 7) is 7.90. The summed E-state index contributed by atoms with van der Waals surface area (Å²) in [5.41, 5.74) is 0. The first-order chi connectivity index (χ1) is 8.32. The third-order valence-electron chi connectivity index (χ3n) is 2.60. The molecular formula is C13H24O5. The van der Waals surface area contributed by atoms with Crippen molar-refractivity contribution < 1.29 is 24.1 Å². The van der Waals surface area contributed by atoms with Crippen LogP contribution in [0.4, 0.5) is 0 Å². The van der Waals surface area contributed by atoms with Gasteiger partial charge >= 0.3 is 5.97 Å². The lowest BCUT2D eigenvalue weighted by Crippen LogP contribution is -2.46. The van der Waals surface area contributed by atoms with Crippen LogP contribution in [0.2, 0.25) is 0 Å². The van der Waals surface area contributed by atoms with E-state index in [4.69, 9.17) is 19.3 Å². The van der Waals surface area contributed by atoms with Crippen LogP contribution in [0, 0.1) is 5.92 Å². The lowest BCUT2D eigenvalue weighted by molar-refractivity contribution is -0.304. The molecule has 1 N–H and O–H groups in total. The van der Waals surface area contributed by atoms with E-state index in [-0.39, 0.29) is 31.2 Å². The molecule has 0 bridgehead atoms. The number of carbonyl (C=O) groups excluding carboxylic acids is 1. The van der Waals surface area contributed by atoms with E-state index in [1.165, 1.54) is 0 Å². The molecule has 0 amide bonds. The molecule has 0 aromatic carbocycles. The first-order valence-electron chi connectivity index (χ1n) is 6.44. The van der Waals surface area contributed by atoms with E-state index in [9.17, 15) is 4.79 Å². The van der Waals surface area contributed by atoms with Gasteiger partial charge in [0, 0.05) is 6.42 Å². The van der Waals surface area contributed by atoms with Crippen molar-refractivity contribution in [1.29, 1.82) is 0 Å². The van der Waals surface area contributed by atoms with Crippen LogP contribution in [0.1, 0.15) is 40.5 Å². The van der Waals surface area contributed by atoms with Crippen molar-refractivity contribution in [3.63, 3.8) is 0 Å². The molecule has 0 radical (unpaired) electrons. The first kappa shape index (κ1) is 15.4. The van der Waals surface area contributed by atoms with Crippen molar-refractivity contribution in [2.24, 2.45) is 5.92 Å². The first-order valence-corrected chi connectivity index (χ1v) is 6.44. The molecule has 1 aliphatic heterocycles. The van der Waals surface area contributed by atoms with Gasteiger partial charge in [-0.2, -0.15) is 0 Å². The van der Waals surface area contributed by atoms with Crippen molar-refractivity contribution in [2.75, 3.05) is 13.2 Å². The van der Waals surface area contributed by atoms with Crippen LogP contribution in [0.25, 0.3) is 0 Å². The highest BCUT2D eigenvalue weighted by molar-refractivity contribution is 5.70. The molecule has 106 valence electrons. The molecule has 1 aliphatic rings. The third kappa shape index (κ3) is 5.33. The highest BCUT2D eigenvalue weighted by atomic mass is 16.7. The normalized spacial score (nSPS) is 27.2. The summed E-state index contributed by atoms with van der Waals surface area (Å²) >= 11 is 0. The zero-order valence-electron chi connectivity index (χ0n) is 11.6. The molecule has 2 atom stereocenters. The van der Waals surface area contributed by atoms with Crippen LogP contribution < -0.4 is 0 Å². The van der Waals surface area contributed by atoms with Crippen LogP contribution >= 0.6 is 0 Å². The number of hydrogen-bond acceptors (Lipinski definition) is 5. The fourth-order valence-electron chi connectivity index (χ4n) is 1.96. The predicted octanol–water partition coefficient (Wildman–Crippen LogP) is 1.48. The van der Waals surface area contributed by atoms with Gasteiger partial charge in [-0.25, -0.2) is 0 Å². The Morgan fingerprint density at radius 3 is 2.56 bits per heavy atom. The van der Waals surface area contributed by atoms with Gasteiger partial charge in [0.25, 0.3) is 0 Å². The van der Waals surface area contributed by atoms with E-state index in [0.717, 1.165) is 0 Å². The number of rotatable bonds is 5. The number of carbonyl (C=O) groups is 1. The standard InChI is InChI=1S/C13H24O5/c1-9(2)8-16-12(15)6-10-5-11(7-14)18-13(3,4)17-10/h9-11,14H,5-8H2,1-4H3/t10-,11+/m1/s1. The van der Waals surface area contributed by atoms with Crippen molar-refractivity contribution in [2.45, 2.75) is 58.5 Å². The summed E-state index contributed by atoms with van der Waals surface area (Å²) in [4.78, 5) is 11.6. The molecule has 5 nitrogen and oxygen atoms in total. The molecule has 0 aromatic heterocycles. The van der Waals surface area contributed by atoms with Gasteiger partial charge in [0.15, 0.2) is 5.79 Å². The van der Waals surface area contributed by atoms with Crippen LogP contribution in [0.5, 0.6) is 0 Å². The summed E-state index contributed by atoms with van der Waals surface area (Å²) in [6.07, 6.45) is 0.175. The van der Waals surface area contributed by atoms with Gasteiger partial charge in [-0.05, 0) is 19.8 Å². The monoisotopic (exact) mass is 260 g/mol. The Kier molecular flexibility index (Phi) is 5.56. The van der Waals surface area contributed by atoms with Gasteiger partial charge in [-0.1, -0.05) is 13.8 Å². The average Bonchev–Trinajstić information content (AvgIpc) is 2.24. The SMILES string of the molecule is CC(C)COC(=O)C[C@H]1C[C@@H](CO)OC(C)(C)O1. The second kappa shape index (κ2) is 6.50. The van der Waals surface area contributed by atoms with Crippen LogP contribution in [-0.4, -0.2) is 42.3 Å². The van der Waals surface area contributed by atoms with Gasteiger partial charge in [0.1, 0.15) is 0 Å². The van der Waals surface area contributed by atoms with Crippen LogP contribution in [0.3, 0.4) is 0 Å². The minimum atomic E-state index is -0.769. The van der Waals surface area contributed by atoms with E-state index in [1.54, 1.807) is 13.8 Å². The number of hydrogen-bond donors (Lipinski definition) is 1. The minimum absolute atomic E-state index is 0.0651. The summed E-state index contributed by atoms with van der Waals surface area (Å²) in [7, 11) is 0. The Labute approximate surface area is 108 Å². The lowest BCUT2D eigenvalue weighted by atomic mass is 10.1. The van der Waals surface area contributed by atoms with Crippen molar-refractivity contribution in [3.05, 3.63) is 0 Å². The van der Waals surface area contributed by atoms with Gasteiger partial charge in [0.2, 0.25) is 0 Å². The molecular weight excluding hydrogens is 236 g/mol. The average molecular weight is 260 g/mol. The van der Waals surface area contributed by atoms with E-state index in [1.807, 2.05) is 13.8 Å². The zero-order chi connectivity index (χ0) is 13.8. The Morgan fingerprint density at radius 1 is 1.39 bits per heavy atom. The Hall–Kier alpha value is -0.650. The maximum absolute atomic E-state index is 11.6. The Bertz CT molecular complexity index is 275. The molecule has 0 unspecified atom stereocenters. The highest BCUT2D eigenvalue weighted by Gasteiger charge is 2.36. The Morgan fingerprint density at radius 2 is 2.00 bits per heavy atom. The maximum Gasteiger partial charge on any atom is 0.308 e.